The summed E-state index contributed by atoms with van der Waals surface area (Å²) in [5.74, 6) is 1.78. The largest absolute Gasteiger partial charge is 0.457 e. The van der Waals surface area contributed by atoms with Gasteiger partial charge in [0.2, 0.25) is 0 Å². The molecule has 2 N–H and O–H groups in total. The number of aryl methyl sites for hydroxylation is 1. The van der Waals surface area contributed by atoms with E-state index in [0.717, 1.165) is 66.4 Å². The molecule has 7 nitrogen and oxygen atoms in total. The van der Waals surface area contributed by atoms with Gasteiger partial charge in [0.15, 0.2) is 0 Å². The number of fused-ring (bicyclic) bond motifs is 4. The van der Waals surface area contributed by atoms with Gasteiger partial charge < -0.3 is 28.3 Å². The van der Waals surface area contributed by atoms with Crippen LogP contribution >= 0.6 is 18.1 Å². The van der Waals surface area contributed by atoms with Crippen molar-refractivity contribution in [2.24, 2.45) is 0 Å². The predicted molar refractivity (Wildman–Crippen MR) is 267 cm³/mol. The van der Waals surface area contributed by atoms with Crippen molar-refractivity contribution in [3.8, 4) is 34.1 Å². The fraction of sp³-hybridized carbons (Fsp3) is 0.0536. The molecule has 320 valence electrons. The molecule has 0 spiro atoms. The topological polar surface area (TPSA) is 94.7 Å². The first-order valence-corrected chi connectivity index (χ1v) is 22.7. The molecule has 0 fully saturated rings. The predicted octanol–water partition coefficient (Wildman–Crippen LogP) is 14.3. The third kappa shape index (κ3) is 9.36. The molecule has 9 heteroatoms. The summed E-state index contributed by atoms with van der Waals surface area (Å²) in [5.41, 5.74) is 6.24. The second-order valence-corrected chi connectivity index (χ2v) is 16.7. The second-order valence-electron chi connectivity index (χ2n) is 15.6. The van der Waals surface area contributed by atoms with Crippen LogP contribution in [0.3, 0.4) is 0 Å². The fourth-order valence-electron chi connectivity index (χ4n) is 8.14. The van der Waals surface area contributed by atoms with E-state index >= 15 is 0 Å². The van der Waals surface area contributed by atoms with Crippen molar-refractivity contribution in [1.82, 2.24) is 0 Å². The summed E-state index contributed by atoms with van der Waals surface area (Å²) >= 11 is 0. The van der Waals surface area contributed by atoms with Gasteiger partial charge in [0.1, 0.15) is 35.2 Å². The van der Waals surface area contributed by atoms with E-state index in [1.165, 1.54) is 16.7 Å². The first-order valence-electron chi connectivity index (χ1n) is 21.1. The third-order valence-corrected chi connectivity index (χ3v) is 12.6. The van der Waals surface area contributed by atoms with Crippen LogP contribution < -0.4 is 18.1 Å². The summed E-state index contributed by atoms with van der Waals surface area (Å²) in [6.45, 7) is 2.17. The van der Waals surface area contributed by atoms with E-state index in [2.05, 4.69) is 67.6 Å². The molecule has 0 amide bonds. The monoisotopic (exact) mass is 890 g/mol. The zero-order valence-corrected chi connectivity index (χ0v) is 37.4. The standard InChI is InChI=1S/C56H42O6P2.H2O/c1-37-24-26-38(27-25-37)34-39-28-30-40(31-29-39)36-58-56(57)49-35-44-15-5-9-21-48(44)54(55(49)62-64-60-51-23-11-17-42-13-3-7-19-46(42)51)53-47-20-8-4-14-43(47)32-33-52(53)61-63-59-50-22-10-16-41-12-2-6-18-45(41)50;/h2-33,35,63-64H,34,36H2,1H3;1H2. The highest BCUT2D eigenvalue weighted by molar-refractivity contribution is 7.27. The van der Waals surface area contributed by atoms with Gasteiger partial charge in [0.25, 0.3) is 18.1 Å². The normalized spacial score (nSPS) is 11.4. The fourth-order valence-corrected chi connectivity index (χ4v) is 9.31. The van der Waals surface area contributed by atoms with Crippen molar-refractivity contribution in [3.05, 3.63) is 228 Å². The van der Waals surface area contributed by atoms with Crippen molar-refractivity contribution in [2.45, 2.75) is 20.0 Å². The van der Waals surface area contributed by atoms with Gasteiger partial charge in [-0.2, -0.15) is 0 Å². The Bertz CT molecular complexity index is 3290. The molecule has 0 saturated heterocycles. The van der Waals surface area contributed by atoms with Crippen LogP contribution in [0.2, 0.25) is 0 Å². The SMILES string of the molecule is Cc1ccc(Cc2ccc(COC(=O)c3cc4ccccc4c(-c4c(OPOc5cccc6ccccc56)ccc5ccccc45)c3OPOc3cccc4ccccc34)cc2)cc1.O. The van der Waals surface area contributed by atoms with Crippen LogP contribution in [0.5, 0.6) is 23.0 Å². The van der Waals surface area contributed by atoms with Crippen molar-refractivity contribution in [2.75, 3.05) is 0 Å². The van der Waals surface area contributed by atoms with Gasteiger partial charge in [-0.05, 0) is 86.6 Å². The summed E-state index contributed by atoms with van der Waals surface area (Å²) in [6.07, 6.45) is 0.818. The van der Waals surface area contributed by atoms with Gasteiger partial charge in [-0.3, -0.25) is 0 Å². The molecule has 10 aromatic rings. The van der Waals surface area contributed by atoms with Crippen molar-refractivity contribution in [3.63, 3.8) is 0 Å². The molecule has 0 radical (unpaired) electrons. The van der Waals surface area contributed by atoms with Crippen molar-refractivity contribution >= 4 is 67.1 Å². The van der Waals surface area contributed by atoms with Gasteiger partial charge in [0.05, 0.1) is 0 Å². The zero-order chi connectivity index (χ0) is 43.2. The summed E-state index contributed by atoms with van der Waals surface area (Å²) in [6, 6.07) is 66.8. The maximum atomic E-state index is 14.6. The average molecular weight is 891 g/mol. The summed E-state index contributed by atoms with van der Waals surface area (Å²) < 4.78 is 32.3. The van der Waals surface area contributed by atoms with Crippen LogP contribution in [0.25, 0.3) is 54.2 Å². The molecule has 2 atom stereocenters. The number of rotatable bonds is 14. The van der Waals surface area contributed by atoms with E-state index in [9.17, 15) is 4.79 Å². The Balaban J connectivity index is 0.00000533. The van der Waals surface area contributed by atoms with Gasteiger partial charge in [-0.1, -0.05) is 181 Å². The van der Waals surface area contributed by atoms with Crippen LogP contribution in [-0.4, -0.2) is 11.4 Å². The first-order chi connectivity index (χ1) is 31.6. The summed E-state index contributed by atoms with van der Waals surface area (Å²) in [5, 5.41) is 7.70. The van der Waals surface area contributed by atoms with E-state index in [4.69, 9.17) is 22.8 Å². The Kier molecular flexibility index (Phi) is 13.0. The van der Waals surface area contributed by atoms with E-state index in [1.807, 2.05) is 140 Å². The van der Waals surface area contributed by atoms with E-state index in [0.29, 0.717) is 22.8 Å². The maximum absolute atomic E-state index is 14.6. The lowest BCUT2D eigenvalue weighted by atomic mass is 9.90. The number of carbonyl (C=O) groups excluding carboxylic acids is 1. The number of benzene rings is 10. The molecular weight excluding hydrogens is 847 g/mol. The molecule has 0 heterocycles. The van der Waals surface area contributed by atoms with Crippen LogP contribution in [0.4, 0.5) is 0 Å². The molecule has 0 saturated carbocycles. The molecule has 0 aliphatic carbocycles. The van der Waals surface area contributed by atoms with Gasteiger partial charge in [-0.25, -0.2) is 4.79 Å². The Morgan fingerprint density at radius 2 is 0.892 bits per heavy atom. The van der Waals surface area contributed by atoms with E-state index in [1.54, 1.807) is 0 Å². The highest BCUT2D eigenvalue weighted by Gasteiger charge is 2.27. The lowest BCUT2D eigenvalue weighted by Gasteiger charge is -2.21. The highest BCUT2D eigenvalue weighted by Crippen LogP contribution is 2.50. The number of ether oxygens (including phenoxy) is 1. The molecule has 0 bridgehead atoms. The Morgan fingerprint density at radius 3 is 1.51 bits per heavy atom. The Hall–Kier alpha value is -7.27. The number of carbonyl (C=O) groups is 1. The third-order valence-electron chi connectivity index (χ3n) is 11.4. The van der Waals surface area contributed by atoms with E-state index in [-0.39, 0.29) is 26.7 Å². The maximum Gasteiger partial charge on any atom is 0.342 e. The minimum atomic E-state index is -0.524. The zero-order valence-electron chi connectivity index (χ0n) is 35.4. The smallest absolute Gasteiger partial charge is 0.342 e. The number of esters is 1. The van der Waals surface area contributed by atoms with Gasteiger partial charge in [-0.15, -0.1) is 0 Å². The van der Waals surface area contributed by atoms with Crippen molar-refractivity contribution in [1.29, 1.82) is 0 Å². The van der Waals surface area contributed by atoms with E-state index < -0.39 is 15.0 Å². The molecule has 0 aliphatic heterocycles. The molecular formula is C56H44O7P2. The first kappa shape index (κ1) is 43.0. The average Bonchev–Trinajstić information content (AvgIpc) is 3.34. The highest BCUT2D eigenvalue weighted by atomic mass is 31.1. The molecule has 2 unspecified atom stereocenters. The summed E-state index contributed by atoms with van der Waals surface area (Å²) in [4.78, 5) is 14.6. The quantitative estimate of drug-likeness (QED) is 0.0797. The molecule has 0 aliphatic rings. The van der Waals surface area contributed by atoms with Crippen LogP contribution in [0.1, 0.15) is 32.6 Å². The lowest BCUT2D eigenvalue weighted by Crippen LogP contribution is -2.08. The molecule has 10 rings (SSSR count). The van der Waals surface area contributed by atoms with Crippen molar-refractivity contribution < 1.29 is 33.1 Å². The van der Waals surface area contributed by atoms with Gasteiger partial charge in [0, 0.05) is 21.9 Å². The summed E-state index contributed by atoms with van der Waals surface area (Å²) in [7, 11) is -0.893. The van der Waals surface area contributed by atoms with Crippen LogP contribution in [0, 0.1) is 6.92 Å². The molecule has 10 aromatic carbocycles. The molecule has 0 aromatic heterocycles. The minimum absolute atomic E-state index is 0. The second kappa shape index (κ2) is 19.6. The minimum Gasteiger partial charge on any atom is -0.457 e. The van der Waals surface area contributed by atoms with Gasteiger partial charge >= 0.3 is 5.97 Å². The lowest BCUT2D eigenvalue weighted by molar-refractivity contribution is 0.0471. The Morgan fingerprint density at radius 1 is 0.431 bits per heavy atom. The molecule has 65 heavy (non-hydrogen) atoms. The number of hydrogen-bond donors (Lipinski definition) is 0. The van der Waals surface area contributed by atoms with Crippen LogP contribution in [0.15, 0.2) is 200 Å². The Labute approximate surface area is 380 Å². The van der Waals surface area contributed by atoms with Crippen LogP contribution in [-0.2, 0) is 17.8 Å². The number of hydrogen-bond acceptors (Lipinski definition) is 6.